The van der Waals surface area contributed by atoms with Gasteiger partial charge in [-0.1, -0.05) is 12.8 Å². The van der Waals surface area contributed by atoms with E-state index in [2.05, 4.69) is 0 Å². The fraction of sp³-hybridized carbons (Fsp3) is 0.625. The molecule has 0 aromatic heterocycles. The van der Waals surface area contributed by atoms with E-state index in [4.69, 9.17) is 5.73 Å². The Hall–Kier alpha value is -1.00. The lowest BCUT2D eigenvalue weighted by Gasteiger charge is -2.46. The van der Waals surface area contributed by atoms with Crippen LogP contribution in [0.4, 0.5) is 8.78 Å². The highest BCUT2D eigenvalue weighted by Gasteiger charge is 2.45. The maximum atomic E-state index is 13.8. The Morgan fingerprint density at radius 2 is 2.05 bits per heavy atom. The van der Waals surface area contributed by atoms with E-state index >= 15 is 0 Å². The maximum Gasteiger partial charge on any atom is 0.126 e. The summed E-state index contributed by atoms with van der Waals surface area (Å²) < 4.78 is 27.1. The van der Waals surface area contributed by atoms with Crippen molar-refractivity contribution < 1.29 is 13.9 Å². The van der Waals surface area contributed by atoms with Crippen LogP contribution in [-0.2, 0) is 6.42 Å². The van der Waals surface area contributed by atoms with Crippen molar-refractivity contribution in [1.29, 1.82) is 0 Å². The van der Waals surface area contributed by atoms with Gasteiger partial charge >= 0.3 is 0 Å². The lowest BCUT2D eigenvalue weighted by molar-refractivity contribution is -0.0722. The fourth-order valence-electron chi connectivity index (χ4n) is 3.51. The smallest absolute Gasteiger partial charge is 0.126 e. The Morgan fingerprint density at radius 1 is 1.35 bits per heavy atom. The molecule has 3 N–H and O–H groups in total. The summed E-state index contributed by atoms with van der Waals surface area (Å²) in [7, 11) is 0. The van der Waals surface area contributed by atoms with Crippen LogP contribution >= 0.6 is 0 Å². The summed E-state index contributed by atoms with van der Waals surface area (Å²) in [6.45, 7) is 3.77. The Bertz CT molecular complexity index is 484. The molecule has 20 heavy (non-hydrogen) atoms. The molecule has 2 nitrogen and oxygen atoms in total. The van der Waals surface area contributed by atoms with Crippen molar-refractivity contribution in [2.24, 2.45) is 11.7 Å². The highest BCUT2D eigenvalue weighted by molar-refractivity contribution is 5.22. The number of nitrogens with two attached hydrogens (primary N) is 1. The number of rotatable bonds is 3. The van der Waals surface area contributed by atoms with Crippen LogP contribution in [0.1, 0.15) is 45.1 Å². The number of aliphatic hydroxyl groups is 1. The van der Waals surface area contributed by atoms with Crippen LogP contribution in [0, 0.1) is 17.6 Å². The average molecular weight is 283 g/mol. The SMILES string of the molecule is CC(C)(N)[C@H]1CCCC[C@@]1(O)Cc1cc(F)ccc1F. The standard InChI is InChI=1S/C16H23F2NO/c1-15(2,19)14-5-3-4-8-16(14,20)10-11-9-12(17)6-7-13(11)18/h6-7,9,14,20H,3-5,8,10,19H2,1-2H3/t14-,16-/m1/s1. The molecule has 2 atom stereocenters. The molecule has 2 rings (SSSR count). The van der Waals surface area contributed by atoms with E-state index in [-0.39, 0.29) is 17.9 Å². The fourth-order valence-corrected chi connectivity index (χ4v) is 3.51. The normalized spacial score (nSPS) is 27.6. The zero-order valence-electron chi connectivity index (χ0n) is 12.1. The van der Waals surface area contributed by atoms with E-state index in [1.54, 1.807) is 0 Å². The molecule has 1 aromatic carbocycles. The summed E-state index contributed by atoms with van der Waals surface area (Å²) in [6.07, 6.45) is 3.41. The van der Waals surface area contributed by atoms with Crippen molar-refractivity contribution in [2.45, 2.75) is 57.1 Å². The molecule has 4 heteroatoms. The van der Waals surface area contributed by atoms with Crippen LogP contribution in [0.3, 0.4) is 0 Å². The van der Waals surface area contributed by atoms with Crippen LogP contribution in [0.25, 0.3) is 0 Å². The first-order valence-corrected chi connectivity index (χ1v) is 7.17. The first kappa shape index (κ1) is 15.4. The first-order chi connectivity index (χ1) is 9.22. The zero-order valence-corrected chi connectivity index (χ0v) is 12.1. The van der Waals surface area contributed by atoms with Gasteiger partial charge in [0.15, 0.2) is 0 Å². The summed E-state index contributed by atoms with van der Waals surface area (Å²) in [5, 5.41) is 11.0. The predicted octanol–water partition coefficient (Wildman–Crippen LogP) is 3.17. The van der Waals surface area contributed by atoms with Gasteiger partial charge in [-0.2, -0.15) is 0 Å². The van der Waals surface area contributed by atoms with Gasteiger partial charge in [-0.25, -0.2) is 8.78 Å². The van der Waals surface area contributed by atoms with Crippen LogP contribution in [0.2, 0.25) is 0 Å². The van der Waals surface area contributed by atoms with E-state index in [9.17, 15) is 13.9 Å². The second kappa shape index (κ2) is 5.41. The summed E-state index contributed by atoms with van der Waals surface area (Å²) in [6, 6.07) is 3.37. The van der Waals surface area contributed by atoms with E-state index < -0.39 is 22.8 Å². The second-order valence-corrected chi connectivity index (χ2v) is 6.64. The van der Waals surface area contributed by atoms with E-state index in [1.807, 2.05) is 13.8 Å². The molecule has 0 radical (unpaired) electrons. The van der Waals surface area contributed by atoms with Crippen molar-refractivity contribution in [3.63, 3.8) is 0 Å². The number of halogens is 2. The largest absolute Gasteiger partial charge is 0.389 e. The number of hydrogen-bond acceptors (Lipinski definition) is 2. The molecule has 1 aromatic rings. The van der Waals surface area contributed by atoms with Crippen LogP contribution in [0.5, 0.6) is 0 Å². The van der Waals surface area contributed by atoms with Gasteiger partial charge in [0.05, 0.1) is 5.60 Å². The van der Waals surface area contributed by atoms with E-state index in [1.165, 1.54) is 6.07 Å². The van der Waals surface area contributed by atoms with Crippen molar-refractivity contribution in [3.8, 4) is 0 Å². The first-order valence-electron chi connectivity index (χ1n) is 7.17. The third kappa shape index (κ3) is 3.18. The van der Waals surface area contributed by atoms with Crippen LogP contribution in [-0.4, -0.2) is 16.2 Å². The molecule has 0 saturated heterocycles. The predicted molar refractivity (Wildman–Crippen MR) is 75.2 cm³/mol. The molecule has 0 heterocycles. The van der Waals surface area contributed by atoms with Crippen molar-refractivity contribution in [3.05, 3.63) is 35.4 Å². The zero-order chi connectivity index (χ0) is 15.0. The van der Waals surface area contributed by atoms with Crippen molar-refractivity contribution in [1.82, 2.24) is 0 Å². The third-order valence-corrected chi connectivity index (χ3v) is 4.40. The third-order valence-electron chi connectivity index (χ3n) is 4.40. The molecule has 1 fully saturated rings. The molecule has 0 bridgehead atoms. The van der Waals surface area contributed by atoms with Crippen LogP contribution < -0.4 is 5.73 Å². The Kier molecular flexibility index (Phi) is 4.17. The highest BCUT2D eigenvalue weighted by atomic mass is 19.1. The molecule has 112 valence electrons. The molecular weight excluding hydrogens is 260 g/mol. The quantitative estimate of drug-likeness (QED) is 0.895. The van der Waals surface area contributed by atoms with Crippen molar-refractivity contribution >= 4 is 0 Å². The second-order valence-electron chi connectivity index (χ2n) is 6.64. The average Bonchev–Trinajstić information content (AvgIpc) is 2.32. The van der Waals surface area contributed by atoms with Gasteiger partial charge in [0.25, 0.3) is 0 Å². The summed E-state index contributed by atoms with van der Waals surface area (Å²) >= 11 is 0. The molecule has 0 aliphatic heterocycles. The summed E-state index contributed by atoms with van der Waals surface area (Å²) in [5.74, 6) is -1.07. The van der Waals surface area contributed by atoms with Gasteiger partial charge in [0, 0.05) is 17.9 Å². The maximum absolute atomic E-state index is 13.8. The molecule has 1 aliphatic carbocycles. The van der Waals surface area contributed by atoms with Crippen LogP contribution in [0.15, 0.2) is 18.2 Å². The lowest BCUT2D eigenvalue weighted by atomic mass is 9.65. The van der Waals surface area contributed by atoms with Gasteiger partial charge in [-0.15, -0.1) is 0 Å². The van der Waals surface area contributed by atoms with E-state index in [0.717, 1.165) is 31.4 Å². The van der Waals surface area contributed by atoms with Gasteiger partial charge in [0.1, 0.15) is 11.6 Å². The monoisotopic (exact) mass is 283 g/mol. The molecule has 1 aliphatic rings. The van der Waals surface area contributed by atoms with Gasteiger partial charge in [-0.3, -0.25) is 0 Å². The highest BCUT2D eigenvalue weighted by Crippen LogP contribution is 2.41. The number of benzene rings is 1. The van der Waals surface area contributed by atoms with Gasteiger partial charge in [-0.05, 0) is 50.5 Å². The topological polar surface area (TPSA) is 46.2 Å². The molecule has 0 amide bonds. The lowest BCUT2D eigenvalue weighted by Crippen LogP contribution is -2.56. The minimum Gasteiger partial charge on any atom is -0.389 e. The Labute approximate surface area is 119 Å². The molecular formula is C16H23F2NO. The summed E-state index contributed by atoms with van der Waals surface area (Å²) in [4.78, 5) is 0. The van der Waals surface area contributed by atoms with Gasteiger partial charge < -0.3 is 10.8 Å². The van der Waals surface area contributed by atoms with Crippen molar-refractivity contribution in [2.75, 3.05) is 0 Å². The molecule has 0 spiro atoms. The van der Waals surface area contributed by atoms with E-state index in [0.29, 0.717) is 6.42 Å². The van der Waals surface area contributed by atoms with Gasteiger partial charge in [0.2, 0.25) is 0 Å². The minimum atomic E-state index is -1.06. The minimum absolute atomic E-state index is 0.113. The molecule has 1 saturated carbocycles. The molecule has 0 unspecified atom stereocenters. The number of hydrogen-bond donors (Lipinski definition) is 2. The Morgan fingerprint density at radius 3 is 2.70 bits per heavy atom. The Balaban J connectivity index is 2.30. The summed E-state index contributed by atoms with van der Waals surface area (Å²) in [5.41, 5.74) is 4.80.